The molecule has 0 amide bonds. The first-order chi connectivity index (χ1) is 19.3. The van der Waals surface area contributed by atoms with Crippen molar-refractivity contribution < 1.29 is 19.1 Å². The van der Waals surface area contributed by atoms with Crippen molar-refractivity contribution in [3.05, 3.63) is 82.4 Å². The van der Waals surface area contributed by atoms with Gasteiger partial charge in [-0.1, -0.05) is 36.4 Å². The van der Waals surface area contributed by atoms with Crippen molar-refractivity contribution in [3.8, 4) is 11.5 Å². The molecule has 0 radical (unpaired) electrons. The van der Waals surface area contributed by atoms with Crippen molar-refractivity contribution in [2.45, 2.75) is 45.1 Å². The molecule has 224 valence electrons. The van der Waals surface area contributed by atoms with Crippen LogP contribution in [0.2, 0.25) is 0 Å². The van der Waals surface area contributed by atoms with E-state index in [1.165, 1.54) is 5.56 Å². The van der Waals surface area contributed by atoms with Gasteiger partial charge in [-0.25, -0.2) is 4.98 Å². The molecule has 2 aliphatic rings. The number of aromatic nitrogens is 2. The lowest BCUT2D eigenvalue weighted by Gasteiger charge is -2.32. The lowest BCUT2D eigenvalue weighted by molar-refractivity contribution is -0.119. The number of methoxy groups -OCH3 is 2. The van der Waals surface area contributed by atoms with E-state index in [2.05, 4.69) is 27.4 Å². The van der Waals surface area contributed by atoms with Crippen molar-refractivity contribution in [2.24, 2.45) is 10.9 Å². The van der Waals surface area contributed by atoms with Crippen LogP contribution in [0.5, 0.6) is 11.5 Å². The SMILES string of the molecule is COc1ccc(CCNCCC2C(=O)c3[nH]c(CCc4ccccc4)nc3C3=C2C(=O)C(C)(C)N=C3)cc1OC.Cl.Cl. The molecule has 42 heavy (non-hydrogen) atoms. The predicted octanol–water partition coefficient (Wildman–Crippen LogP) is 5.28. The summed E-state index contributed by atoms with van der Waals surface area (Å²) in [5.41, 5.74) is 3.68. The Morgan fingerprint density at radius 2 is 1.64 bits per heavy atom. The maximum Gasteiger partial charge on any atom is 0.188 e. The second-order valence-electron chi connectivity index (χ2n) is 10.8. The standard InChI is InChI=1S/C32H36N4O4.2ClH/c1-32(2)31(38)27-22(15-17-33-16-14-21-10-12-24(39-3)25(18-21)40-4)30(37)29-28(23(27)19-34-32)35-26(36-29)13-11-20-8-6-5-7-9-20;;/h5-10,12,18-19,22,33H,11,13-17H2,1-4H3,(H,35,36);2*1H. The summed E-state index contributed by atoms with van der Waals surface area (Å²) in [4.78, 5) is 39.9. The molecule has 10 heteroatoms. The molecule has 2 N–H and O–H groups in total. The number of H-pyrrole nitrogens is 1. The number of imidazole rings is 1. The number of aromatic amines is 1. The Bertz CT molecular complexity index is 1480. The fourth-order valence-electron chi connectivity index (χ4n) is 5.38. The summed E-state index contributed by atoms with van der Waals surface area (Å²) in [6.07, 6.45) is 4.52. The monoisotopic (exact) mass is 612 g/mol. The maximum absolute atomic E-state index is 13.8. The van der Waals surface area contributed by atoms with Crippen molar-refractivity contribution in [3.63, 3.8) is 0 Å². The zero-order valence-corrected chi connectivity index (χ0v) is 26.0. The number of fused-ring (bicyclic) bond motifs is 2. The number of aliphatic imine (C=N–C) groups is 1. The smallest absolute Gasteiger partial charge is 0.188 e. The Morgan fingerprint density at radius 3 is 2.36 bits per heavy atom. The number of carbonyl (C=O) groups excluding carboxylic acids is 2. The molecule has 1 atom stereocenters. The van der Waals surface area contributed by atoms with Crippen LogP contribution in [-0.2, 0) is 24.1 Å². The number of aryl methyl sites for hydroxylation is 2. The first kappa shape index (κ1) is 33.0. The minimum atomic E-state index is -0.901. The number of ketones is 2. The summed E-state index contributed by atoms with van der Waals surface area (Å²) in [6.45, 7) is 4.91. The number of carbonyl (C=O) groups is 2. The van der Waals surface area contributed by atoms with Gasteiger partial charge in [0.05, 0.1) is 20.1 Å². The molecule has 2 heterocycles. The third-order valence-corrected chi connectivity index (χ3v) is 7.67. The second-order valence-corrected chi connectivity index (χ2v) is 10.8. The van der Waals surface area contributed by atoms with E-state index in [1.54, 1.807) is 34.3 Å². The maximum atomic E-state index is 13.8. The summed E-state index contributed by atoms with van der Waals surface area (Å²) in [5.74, 6) is 1.42. The van der Waals surface area contributed by atoms with Gasteiger partial charge in [0, 0.05) is 23.8 Å². The molecule has 0 saturated heterocycles. The number of Topliss-reactive ketones (excluding diaryl/α,β-unsaturated/α-hetero) is 2. The molecule has 0 saturated carbocycles. The number of hydrogen-bond donors (Lipinski definition) is 2. The number of ether oxygens (including phenoxy) is 2. The highest BCUT2D eigenvalue weighted by Crippen LogP contribution is 2.40. The van der Waals surface area contributed by atoms with Gasteiger partial charge in [0.15, 0.2) is 23.1 Å². The average molecular weight is 614 g/mol. The second kappa shape index (κ2) is 14.1. The molecule has 1 aliphatic carbocycles. The summed E-state index contributed by atoms with van der Waals surface area (Å²) in [6, 6.07) is 16.1. The van der Waals surface area contributed by atoms with Gasteiger partial charge in [0.1, 0.15) is 22.8 Å². The van der Waals surface area contributed by atoms with E-state index in [0.717, 1.165) is 30.8 Å². The first-order valence-corrected chi connectivity index (χ1v) is 13.8. The van der Waals surface area contributed by atoms with Crippen LogP contribution in [0.3, 0.4) is 0 Å². The van der Waals surface area contributed by atoms with Crippen LogP contribution < -0.4 is 14.8 Å². The molecule has 1 aliphatic heterocycles. The highest BCUT2D eigenvalue weighted by molar-refractivity contribution is 6.30. The Hall–Kier alpha value is -3.46. The minimum absolute atomic E-state index is 0. The lowest BCUT2D eigenvalue weighted by Crippen LogP contribution is -2.41. The number of halogens is 2. The summed E-state index contributed by atoms with van der Waals surface area (Å²) < 4.78 is 10.7. The van der Waals surface area contributed by atoms with Crippen LogP contribution in [0.25, 0.3) is 5.57 Å². The number of dihydropyridines is 1. The molecular formula is C32H38Cl2N4O4. The molecule has 3 aromatic rings. The molecular weight excluding hydrogens is 575 g/mol. The molecule has 0 spiro atoms. The largest absolute Gasteiger partial charge is 0.493 e. The van der Waals surface area contributed by atoms with E-state index in [4.69, 9.17) is 14.5 Å². The minimum Gasteiger partial charge on any atom is -0.493 e. The number of rotatable bonds is 11. The number of nitrogens with one attached hydrogen (secondary N) is 2. The quantitative estimate of drug-likeness (QED) is 0.286. The first-order valence-electron chi connectivity index (χ1n) is 13.8. The zero-order valence-electron chi connectivity index (χ0n) is 24.4. The normalized spacial score (nSPS) is 16.7. The van der Waals surface area contributed by atoms with Gasteiger partial charge >= 0.3 is 0 Å². The van der Waals surface area contributed by atoms with E-state index in [0.29, 0.717) is 53.4 Å². The Balaban J connectivity index is 0.00000242. The van der Waals surface area contributed by atoms with Crippen LogP contribution in [0, 0.1) is 5.92 Å². The van der Waals surface area contributed by atoms with Gasteiger partial charge in [-0.15, -0.1) is 24.8 Å². The zero-order chi connectivity index (χ0) is 28.3. The molecule has 0 bridgehead atoms. The summed E-state index contributed by atoms with van der Waals surface area (Å²) >= 11 is 0. The van der Waals surface area contributed by atoms with Crippen LogP contribution in [0.1, 0.15) is 53.4 Å². The molecule has 8 nitrogen and oxygen atoms in total. The Kier molecular flexibility index (Phi) is 11.1. The van der Waals surface area contributed by atoms with E-state index < -0.39 is 11.5 Å². The van der Waals surface area contributed by atoms with Gasteiger partial charge in [-0.05, 0) is 69.5 Å². The Morgan fingerprint density at radius 1 is 0.905 bits per heavy atom. The van der Waals surface area contributed by atoms with Crippen LogP contribution in [0.15, 0.2) is 59.1 Å². The fraction of sp³-hybridized carbons (Fsp3) is 0.375. The summed E-state index contributed by atoms with van der Waals surface area (Å²) in [7, 11) is 3.24. The number of benzene rings is 2. The van der Waals surface area contributed by atoms with E-state index in [9.17, 15) is 9.59 Å². The van der Waals surface area contributed by atoms with Gasteiger partial charge in [0.2, 0.25) is 0 Å². The summed E-state index contributed by atoms with van der Waals surface area (Å²) in [5, 5.41) is 3.45. The van der Waals surface area contributed by atoms with Gasteiger partial charge in [0.25, 0.3) is 0 Å². The topological polar surface area (TPSA) is 106 Å². The molecule has 5 rings (SSSR count). The third-order valence-electron chi connectivity index (χ3n) is 7.67. The average Bonchev–Trinajstić information content (AvgIpc) is 3.40. The van der Waals surface area contributed by atoms with Crippen molar-refractivity contribution in [1.29, 1.82) is 0 Å². The van der Waals surface area contributed by atoms with Crippen molar-refractivity contribution >= 4 is 48.2 Å². The molecule has 1 aromatic heterocycles. The van der Waals surface area contributed by atoms with Crippen molar-refractivity contribution in [1.82, 2.24) is 15.3 Å². The number of nitrogens with zero attached hydrogens (tertiary/aromatic N) is 2. The van der Waals surface area contributed by atoms with Gasteiger partial charge in [-0.3, -0.25) is 14.6 Å². The third kappa shape index (κ3) is 6.77. The lowest BCUT2D eigenvalue weighted by atomic mass is 9.73. The van der Waals surface area contributed by atoms with E-state index in [1.807, 2.05) is 36.4 Å². The van der Waals surface area contributed by atoms with Crippen LogP contribution >= 0.6 is 24.8 Å². The predicted molar refractivity (Wildman–Crippen MR) is 170 cm³/mol. The molecule has 0 fully saturated rings. The van der Waals surface area contributed by atoms with E-state index >= 15 is 0 Å². The number of hydrogen-bond acceptors (Lipinski definition) is 7. The van der Waals surface area contributed by atoms with Crippen LogP contribution in [0.4, 0.5) is 0 Å². The number of allylic oxidation sites excluding steroid dienone is 1. The van der Waals surface area contributed by atoms with E-state index in [-0.39, 0.29) is 36.4 Å². The van der Waals surface area contributed by atoms with Gasteiger partial charge in [-0.2, -0.15) is 0 Å². The van der Waals surface area contributed by atoms with Crippen molar-refractivity contribution in [2.75, 3.05) is 27.3 Å². The molecule has 2 aromatic carbocycles. The Labute approximate surface area is 259 Å². The fourth-order valence-corrected chi connectivity index (χ4v) is 5.38. The van der Waals surface area contributed by atoms with Crippen LogP contribution in [-0.4, -0.2) is 60.6 Å². The molecule has 1 unspecified atom stereocenters. The highest BCUT2D eigenvalue weighted by Gasteiger charge is 2.45. The highest BCUT2D eigenvalue weighted by atomic mass is 35.5. The van der Waals surface area contributed by atoms with Gasteiger partial charge < -0.3 is 19.8 Å².